The zero-order valence-electron chi connectivity index (χ0n) is 20.5. The lowest BCUT2D eigenvalue weighted by atomic mass is 10.1. The van der Waals surface area contributed by atoms with Crippen LogP contribution in [-0.2, 0) is 6.54 Å². The van der Waals surface area contributed by atoms with Gasteiger partial charge in [0.1, 0.15) is 11.5 Å². The predicted octanol–water partition coefficient (Wildman–Crippen LogP) is 4.65. The monoisotopic (exact) mass is 491 g/mol. The van der Waals surface area contributed by atoms with Crippen molar-refractivity contribution < 1.29 is 13.6 Å². The number of aromatic nitrogens is 1. The van der Waals surface area contributed by atoms with Crippen molar-refractivity contribution in [2.24, 2.45) is 0 Å². The maximum Gasteiger partial charge on any atom is 0.282 e. The largest absolute Gasteiger partial charge is 0.365 e. The number of hydrogen-bond donors (Lipinski definition) is 3. The molecule has 3 aromatic rings. The molecule has 1 aromatic heterocycles. The Morgan fingerprint density at radius 3 is 2.83 bits per heavy atom. The van der Waals surface area contributed by atoms with E-state index in [4.69, 9.17) is 0 Å². The summed E-state index contributed by atoms with van der Waals surface area (Å²) in [5.41, 5.74) is 4.14. The maximum atomic E-state index is 14.3. The first kappa shape index (κ1) is 24.1. The molecule has 3 N–H and O–H groups in total. The molecule has 1 unspecified atom stereocenters. The molecule has 8 heteroatoms. The second-order valence-corrected chi connectivity index (χ2v) is 9.42. The van der Waals surface area contributed by atoms with Crippen LogP contribution < -0.4 is 20.9 Å². The Kier molecular flexibility index (Phi) is 6.53. The van der Waals surface area contributed by atoms with Crippen LogP contribution in [0.25, 0.3) is 17.0 Å². The van der Waals surface area contributed by atoms with Crippen LogP contribution in [0.3, 0.4) is 0 Å². The van der Waals surface area contributed by atoms with Crippen LogP contribution in [0.5, 0.6) is 0 Å². The van der Waals surface area contributed by atoms with E-state index in [2.05, 4.69) is 52.1 Å². The van der Waals surface area contributed by atoms with Crippen LogP contribution >= 0.6 is 0 Å². The lowest BCUT2D eigenvalue weighted by molar-refractivity contribution is -0.00921. The van der Waals surface area contributed by atoms with E-state index < -0.39 is 24.9 Å². The Bertz CT molecular complexity index is 1340. The molecule has 188 valence electrons. The molecule has 0 bridgehead atoms. The molecule has 2 aliphatic rings. The fraction of sp³-hybridized carbons (Fsp3) is 0.321. The topological polar surface area (TPSA) is 61.3 Å². The van der Waals surface area contributed by atoms with Gasteiger partial charge in [0.15, 0.2) is 0 Å². The van der Waals surface area contributed by atoms with Gasteiger partial charge in [0.2, 0.25) is 0 Å². The van der Waals surface area contributed by atoms with Crippen molar-refractivity contribution in [2.75, 3.05) is 31.6 Å². The molecule has 0 saturated carbocycles. The summed E-state index contributed by atoms with van der Waals surface area (Å²) in [4.78, 5) is 14.7. The number of benzene rings is 2. The van der Waals surface area contributed by atoms with Gasteiger partial charge in [-0.15, -0.1) is 0 Å². The average molecular weight is 492 g/mol. The maximum absolute atomic E-state index is 14.3. The normalized spacial score (nSPS) is 17.5. The molecular weight excluding hydrogens is 460 g/mol. The van der Waals surface area contributed by atoms with Crippen molar-refractivity contribution in [1.82, 2.24) is 20.5 Å². The van der Waals surface area contributed by atoms with Gasteiger partial charge in [-0.1, -0.05) is 42.5 Å². The van der Waals surface area contributed by atoms with Crippen LogP contribution in [0.4, 0.5) is 14.5 Å². The van der Waals surface area contributed by atoms with Gasteiger partial charge < -0.3 is 25.4 Å². The van der Waals surface area contributed by atoms with E-state index in [0.29, 0.717) is 5.52 Å². The van der Waals surface area contributed by atoms with Gasteiger partial charge in [-0.05, 0) is 62.3 Å². The molecule has 2 aromatic carbocycles. The summed E-state index contributed by atoms with van der Waals surface area (Å²) in [5.74, 6) is -2.51. The number of carbonyl (C=O) groups excluding carboxylic acids is 1. The van der Waals surface area contributed by atoms with Gasteiger partial charge in [0.25, 0.3) is 11.8 Å². The van der Waals surface area contributed by atoms with Crippen molar-refractivity contribution >= 4 is 28.6 Å². The SMILES string of the molecule is CNCCCN1C(NC(C)c2ccc3cc4n(c3c2)CC(F)(F)CNC4=O)=CC=Cc2ccccc21. The fourth-order valence-corrected chi connectivity index (χ4v) is 4.91. The number of anilines is 1. The summed E-state index contributed by atoms with van der Waals surface area (Å²) < 4.78 is 30.1. The van der Waals surface area contributed by atoms with Crippen LogP contribution in [0.2, 0.25) is 0 Å². The molecule has 36 heavy (non-hydrogen) atoms. The minimum Gasteiger partial charge on any atom is -0.365 e. The van der Waals surface area contributed by atoms with Crippen molar-refractivity contribution in [2.45, 2.75) is 31.9 Å². The van der Waals surface area contributed by atoms with Crippen molar-refractivity contribution in [3.05, 3.63) is 83.3 Å². The minimum atomic E-state index is -3.01. The zero-order valence-corrected chi connectivity index (χ0v) is 20.5. The summed E-state index contributed by atoms with van der Waals surface area (Å²) in [6, 6.07) is 15.7. The predicted molar refractivity (Wildman–Crippen MR) is 140 cm³/mol. The summed E-state index contributed by atoms with van der Waals surface area (Å²) in [7, 11) is 1.95. The molecule has 0 spiro atoms. The quantitative estimate of drug-likeness (QED) is 0.421. The summed E-state index contributed by atoms with van der Waals surface area (Å²) in [5, 5.41) is 9.97. The Labute approximate surface area is 209 Å². The van der Waals surface area contributed by atoms with E-state index in [9.17, 15) is 13.6 Å². The number of hydrogen-bond acceptors (Lipinski definition) is 4. The van der Waals surface area contributed by atoms with Gasteiger partial charge in [0.05, 0.1) is 13.1 Å². The third kappa shape index (κ3) is 4.73. The third-order valence-corrected chi connectivity index (χ3v) is 6.78. The Morgan fingerprint density at radius 2 is 2.00 bits per heavy atom. The molecule has 2 aliphatic heterocycles. The second-order valence-electron chi connectivity index (χ2n) is 9.42. The van der Waals surface area contributed by atoms with Gasteiger partial charge in [-0.3, -0.25) is 4.79 Å². The molecular formula is C28H31F2N5O. The lowest BCUT2D eigenvalue weighted by Gasteiger charge is -2.31. The molecule has 0 radical (unpaired) electrons. The molecule has 6 nitrogen and oxygen atoms in total. The highest BCUT2D eigenvalue weighted by molar-refractivity contribution is 5.99. The van der Waals surface area contributed by atoms with E-state index in [-0.39, 0.29) is 11.7 Å². The molecule has 0 fully saturated rings. The van der Waals surface area contributed by atoms with E-state index >= 15 is 0 Å². The van der Waals surface area contributed by atoms with Crippen molar-refractivity contribution in [1.29, 1.82) is 0 Å². The minimum absolute atomic E-state index is 0.0997. The van der Waals surface area contributed by atoms with Crippen molar-refractivity contribution in [3.63, 3.8) is 0 Å². The number of fused-ring (bicyclic) bond motifs is 4. The number of nitrogens with one attached hydrogen (secondary N) is 3. The fourth-order valence-electron chi connectivity index (χ4n) is 4.91. The summed E-state index contributed by atoms with van der Waals surface area (Å²) in [6.07, 6.45) is 7.19. The summed E-state index contributed by atoms with van der Waals surface area (Å²) in [6.45, 7) is 2.62. The number of para-hydroxylation sites is 1. The number of amides is 1. The average Bonchev–Trinajstić information content (AvgIpc) is 3.05. The van der Waals surface area contributed by atoms with Gasteiger partial charge in [-0.2, -0.15) is 0 Å². The molecule has 1 atom stereocenters. The van der Waals surface area contributed by atoms with Gasteiger partial charge in [-0.25, -0.2) is 8.78 Å². The van der Waals surface area contributed by atoms with E-state index in [1.807, 2.05) is 43.5 Å². The van der Waals surface area contributed by atoms with Gasteiger partial charge >= 0.3 is 0 Å². The van der Waals surface area contributed by atoms with Crippen LogP contribution in [0.1, 0.15) is 41.0 Å². The third-order valence-electron chi connectivity index (χ3n) is 6.78. The summed E-state index contributed by atoms with van der Waals surface area (Å²) >= 11 is 0. The zero-order chi connectivity index (χ0) is 25.3. The number of rotatable bonds is 7. The number of carbonyl (C=O) groups is 1. The number of nitrogens with zero attached hydrogens (tertiary/aromatic N) is 2. The number of alkyl halides is 2. The standard InChI is InChI=1S/C28H31F2N5O/c1-19(33-26-10-5-8-20-7-3-4-9-23(20)34(26)14-6-13-31-2)21-11-12-22-16-25-27(36)32-17-28(29,30)18-35(25)24(22)15-21/h3-5,7-12,15-16,19,31,33H,6,13-14,17-18H2,1-2H3,(H,32,36). The smallest absolute Gasteiger partial charge is 0.282 e. The van der Waals surface area contributed by atoms with E-state index in [1.165, 1.54) is 4.57 Å². The highest BCUT2D eigenvalue weighted by Crippen LogP contribution is 2.31. The molecule has 5 rings (SSSR count). The molecule has 0 aliphatic carbocycles. The van der Waals surface area contributed by atoms with Gasteiger partial charge in [0, 0.05) is 29.2 Å². The first-order valence-corrected chi connectivity index (χ1v) is 12.3. The first-order chi connectivity index (χ1) is 17.4. The van der Waals surface area contributed by atoms with Crippen molar-refractivity contribution in [3.8, 4) is 0 Å². The number of halogens is 2. The Morgan fingerprint density at radius 1 is 1.17 bits per heavy atom. The number of allylic oxidation sites excluding steroid dienone is 2. The Hall–Kier alpha value is -3.65. The van der Waals surface area contributed by atoms with E-state index in [0.717, 1.165) is 47.5 Å². The Balaban J connectivity index is 1.45. The lowest BCUT2D eigenvalue weighted by Crippen LogP contribution is -2.35. The van der Waals surface area contributed by atoms with E-state index in [1.54, 1.807) is 6.07 Å². The first-order valence-electron chi connectivity index (χ1n) is 12.3. The highest BCUT2D eigenvalue weighted by atomic mass is 19.3. The second kappa shape index (κ2) is 9.78. The van der Waals surface area contributed by atoms with Crippen LogP contribution in [-0.4, -0.2) is 43.1 Å². The van der Waals surface area contributed by atoms with Crippen LogP contribution in [0.15, 0.2) is 66.5 Å². The highest BCUT2D eigenvalue weighted by Gasteiger charge is 2.35. The molecule has 3 heterocycles. The van der Waals surface area contributed by atoms with Crippen LogP contribution in [0, 0.1) is 0 Å². The molecule has 1 amide bonds. The molecule has 0 saturated heterocycles.